The monoisotopic (exact) mass is 540 g/mol. The quantitative estimate of drug-likeness (QED) is 0.0935. The molecular weight excluding hydrogens is 517 g/mol. The minimum atomic E-state index is -5.08. The molecule has 3 aromatic carbocycles. The highest BCUT2D eigenvalue weighted by atomic mass is 19.4. The van der Waals surface area contributed by atoms with Crippen LogP contribution in [0.3, 0.4) is 0 Å². The highest BCUT2D eigenvalue weighted by Gasteiger charge is 2.35. The van der Waals surface area contributed by atoms with E-state index in [0.717, 1.165) is 23.3 Å². The van der Waals surface area contributed by atoms with E-state index < -0.39 is 29.8 Å². The summed E-state index contributed by atoms with van der Waals surface area (Å²) in [6.45, 7) is 6.88. The van der Waals surface area contributed by atoms with Crippen molar-refractivity contribution in [1.29, 1.82) is 0 Å². The minimum Gasteiger partial charge on any atom is -0.492 e. The van der Waals surface area contributed by atoms with E-state index in [0.29, 0.717) is 34.9 Å². The number of rotatable bonds is 10. The molecule has 0 aliphatic carbocycles. The molecule has 0 unspecified atom stereocenters. The van der Waals surface area contributed by atoms with E-state index in [4.69, 9.17) is 18.6 Å². The van der Waals surface area contributed by atoms with Gasteiger partial charge in [-0.1, -0.05) is 37.4 Å². The van der Waals surface area contributed by atoms with Gasteiger partial charge < -0.3 is 23.4 Å². The van der Waals surface area contributed by atoms with Gasteiger partial charge in [-0.3, -0.25) is 0 Å². The second-order valence-electron chi connectivity index (χ2n) is 8.24. The highest BCUT2D eigenvalue weighted by Crippen LogP contribution is 2.47. The van der Waals surface area contributed by atoms with E-state index in [1.54, 1.807) is 12.1 Å². The number of methoxy groups -OCH3 is 1. The molecular formula is C29H23F3O7. The van der Waals surface area contributed by atoms with Crippen LogP contribution in [-0.2, 0) is 20.7 Å². The van der Waals surface area contributed by atoms with Crippen molar-refractivity contribution in [3.63, 3.8) is 0 Å². The summed E-state index contributed by atoms with van der Waals surface area (Å²) in [7, 11) is 1.43. The molecule has 4 rings (SSSR count). The summed E-state index contributed by atoms with van der Waals surface area (Å²) in [5, 5.41) is 0.782. The summed E-state index contributed by atoms with van der Waals surface area (Å²) in [6, 6.07) is 13.7. The fraction of sp³-hybridized carbons (Fsp3) is 0.172. The van der Waals surface area contributed by atoms with Crippen LogP contribution in [0.4, 0.5) is 13.2 Å². The van der Waals surface area contributed by atoms with Crippen LogP contribution in [0.25, 0.3) is 33.1 Å². The van der Waals surface area contributed by atoms with Gasteiger partial charge in [-0.15, -0.1) is 13.2 Å². The van der Waals surface area contributed by atoms with Crippen LogP contribution >= 0.6 is 0 Å². The molecule has 0 bridgehead atoms. The lowest BCUT2D eigenvalue weighted by Crippen LogP contribution is -2.18. The largest absolute Gasteiger partial charge is 0.573 e. The Morgan fingerprint density at radius 1 is 0.897 bits per heavy atom. The Balaban J connectivity index is 1.72. The Hall–Kier alpha value is -4.73. The molecule has 4 aromatic rings. The van der Waals surface area contributed by atoms with Crippen molar-refractivity contribution in [1.82, 2.24) is 0 Å². The maximum absolute atomic E-state index is 13.3. The first-order valence-electron chi connectivity index (χ1n) is 11.7. The number of benzene rings is 3. The summed E-state index contributed by atoms with van der Waals surface area (Å²) >= 11 is 0. The zero-order valence-electron chi connectivity index (χ0n) is 20.8. The van der Waals surface area contributed by atoms with E-state index in [1.165, 1.54) is 19.2 Å². The van der Waals surface area contributed by atoms with Crippen molar-refractivity contribution in [2.75, 3.05) is 13.7 Å². The van der Waals surface area contributed by atoms with Gasteiger partial charge in [0.15, 0.2) is 22.7 Å². The van der Waals surface area contributed by atoms with E-state index in [-0.39, 0.29) is 17.8 Å². The second kappa shape index (κ2) is 11.3. The number of hydrogen-bond acceptors (Lipinski definition) is 7. The van der Waals surface area contributed by atoms with Gasteiger partial charge in [0.1, 0.15) is 0 Å². The fourth-order valence-corrected chi connectivity index (χ4v) is 4.07. The summed E-state index contributed by atoms with van der Waals surface area (Å²) in [5.74, 6) is -2.39. The van der Waals surface area contributed by atoms with Crippen LogP contribution in [0, 0.1) is 0 Å². The fourth-order valence-electron chi connectivity index (χ4n) is 4.07. The second-order valence-corrected chi connectivity index (χ2v) is 8.24. The number of carbonyl (C=O) groups excluding carboxylic acids is 2. The van der Waals surface area contributed by atoms with Gasteiger partial charge in [0.25, 0.3) is 0 Å². The molecule has 0 spiro atoms. The number of aryl methyl sites for hydroxylation is 1. The first-order valence-corrected chi connectivity index (χ1v) is 11.7. The molecule has 0 saturated carbocycles. The number of hydrogen-bond donors (Lipinski definition) is 0. The molecule has 0 saturated heterocycles. The molecule has 0 N–H and O–H groups in total. The lowest BCUT2D eigenvalue weighted by atomic mass is 9.99. The van der Waals surface area contributed by atoms with Gasteiger partial charge in [-0.25, -0.2) is 9.59 Å². The van der Waals surface area contributed by atoms with Crippen molar-refractivity contribution in [3.8, 4) is 28.4 Å². The third-order valence-electron chi connectivity index (χ3n) is 5.77. The topological polar surface area (TPSA) is 84.2 Å². The summed E-state index contributed by atoms with van der Waals surface area (Å²) < 4.78 is 65.4. The van der Waals surface area contributed by atoms with E-state index in [1.807, 2.05) is 24.3 Å². The maximum Gasteiger partial charge on any atom is 0.573 e. The lowest BCUT2D eigenvalue weighted by molar-refractivity contribution is -0.274. The zero-order chi connectivity index (χ0) is 28.2. The number of esters is 2. The summed E-state index contributed by atoms with van der Waals surface area (Å²) in [4.78, 5) is 22.8. The average Bonchev–Trinajstić information content (AvgIpc) is 3.30. The van der Waals surface area contributed by atoms with Gasteiger partial charge in [0, 0.05) is 28.5 Å². The highest BCUT2D eigenvalue weighted by molar-refractivity contribution is 6.11. The molecule has 1 aromatic heterocycles. The van der Waals surface area contributed by atoms with Crippen LogP contribution < -0.4 is 14.2 Å². The smallest absolute Gasteiger partial charge is 0.492 e. The molecule has 0 fully saturated rings. The first-order chi connectivity index (χ1) is 18.6. The Bertz CT molecular complexity index is 1550. The minimum absolute atomic E-state index is 0.192. The van der Waals surface area contributed by atoms with Crippen LogP contribution in [0.5, 0.6) is 17.2 Å². The molecule has 10 heteroatoms. The molecule has 39 heavy (non-hydrogen) atoms. The summed E-state index contributed by atoms with van der Waals surface area (Å²) in [5.41, 5.74) is 2.38. The van der Waals surface area contributed by atoms with Crippen molar-refractivity contribution in [2.45, 2.75) is 19.2 Å². The molecule has 0 aliphatic rings. The van der Waals surface area contributed by atoms with E-state index >= 15 is 0 Å². The summed E-state index contributed by atoms with van der Waals surface area (Å²) in [6.07, 6.45) is -1.82. The van der Waals surface area contributed by atoms with Crippen LogP contribution in [-0.4, -0.2) is 32.0 Å². The molecule has 0 atom stereocenters. The van der Waals surface area contributed by atoms with E-state index in [9.17, 15) is 22.8 Å². The Morgan fingerprint density at radius 2 is 1.54 bits per heavy atom. The molecule has 1 heterocycles. The zero-order valence-corrected chi connectivity index (χ0v) is 20.8. The standard InChI is InChI=1S/C29H23F3O7/c1-4-23(33)36-16-6-7-17-8-10-18(11-9-17)19-12-13-20-21-14-15-22(37-24(34)5-2)28(39-29(30,31)32)27(21)38-26(20)25(19)35-3/h4-5,8-15H,1-2,6-7,16H2,3H3. The van der Waals surface area contributed by atoms with Crippen molar-refractivity contribution in [3.05, 3.63) is 79.4 Å². The molecule has 7 nitrogen and oxygen atoms in total. The van der Waals surface area contributed by atoms with Crippen LogP contribution in [0.15, 0.2) is 78.3 Å². The number of ether oxygens (including phenoxy) is 4. The van der Waals surface area contributed by atoms with Gasteiger partial charge in [0.2, 0.25) is 5.75 Å². The number of fused-ring (bicyclic) bond motifs is 3. The van der Waals surface area contributed by atoms with Gasteiger partial charge in [-0.2, -0.15) is 0 Å². The normalized spacial score (nSPS) is 11.3. The predicted molar refractivity (Wildman–Crippen MR) is 138 cm³/mol. The molecule has 0 aliphatic heterocycles. The van der Waals surface area contributed by atoms with Crippen molar-refractivity contribution in [2.24, 2.45) is 0 Å². The van der Waals surface area contributed by atoms with Crippen LogP contribution in [0.1, 0.15) is 12.0 Å². The van der Waals surface area contributed by atoms with Crippen molar-refractivity contribution >= 4 is 33.9 Å². The van der Waals surface area contributed by atoms with Crippen LogP contribution in [0.2, 0.25) is 0 Å². The number of carbonyl (C=O) groups is 2. The molecule has 202 valence electrons. The maximum atomic E-state index is 13.3. The first kappa shape index (κ1) is 27.3. The Kier molecular flexibility index (Phi) is 7.94. The third-order valence-corrected chi connectivity index (χ3v) is 5.77. The van der Waals surface area contributed by atoms with Gasteiger partial charge in [-0.05, 0) is 48.2 Å². The number of halogens is 3. The van der Waals surface area contributed by atoms with Gasteiger partial charge in [0.05, 0.1) is 13.7 Å². The van der Waals surface area contributed by atoms with Gasteiger partial charge >= 0.3 is 18.3 Å². The molecule has 0 radical (unpaired) electrons. The lowest BCUT2D eigenvalue weighted by Gasteiger charge is -2.12. The average molecular weight is 540 g/mol. The third kappa shape index (κ3) is 6.06. The Labute approximate surface area is 221 Å². The predicted octanol–water partition coefficient (Wildman–Crippen LogP) is 6.91. The SMILES string of the molecule is C=CC(=O)OCCCc1ccc(-c2ccc3c(oc4c(OC(F)(F)F)c(OC(=O)C=C)ccc43)c2OC)cc1. The van der Waals surface area contributed by atoms with Crippen molar-refractivity contribution < 1.29 is 46.1 Å². The number of alkyl halides is 3. The van der Waals surface area contributed by atoms with E-state index in [2.05, 4.69) is 17.9 Å². The molecule has 0 amide bonds. The number of furan rings is 1. The Morgan fingerprint density at radius 3 is 2.15 bits per heavy atom.